The molecule has 0 aliphatic rings. The molecule has 0 aliphatic heterocycles. The second-order valence-electron chi connectivity index (χ2n) is 8.35. The summed E-state index contributed by atoms with van der Waals surface area (Å²) in [4.78, 5) is 0. The van der Waals surface area contributed by atoms with Gasteiger partial charge in [0, 0.05) is 0 Å². The highest BCUT2D eigenvalue weighted by Crippen LogP contribution is 2.17. The molecule has 0 nitrogen and oxygen atoms in total. The van der Waals surface area contributed by atoms with Crippen molar-refractivity contribution in [2.75, 3.05) is 0 Å². The van der Waals surface area contributed by atoms with Gasteiger partial charge in [-0.25, -0.2) is 0 Å². The van der Waals surface area contributed by atoms with Crippen LogP contribution >= 0.6 is 0 Å². The highest BCUT2D eigenvalue weighted by atomic mass is 14.1. The molecule has 0 bridgehead atoms. The zero-order chi connectivity index (χ0) is 19.1. The molecule has 0 spiro atoms. The standard InChI is InChI=1S/C25H44/c1-21(2)13-10-17-23(5)15-8-9-16-24(6)19-12-20-25(7)18-11-14-22(3)4/h13-15,20,24H,8-12,16-19H2,1-7H3/b23-15+,25-20+. The molecule has 0 fully saturated rings. The highest BCUT2D eigenvalue weighted by molar-refractivity contribution is 5.03. The summed E-state index contributed by atoms with van der Waals surface area (Å²) >= 11 is 0. The quantitative estimate of drug-likeness (QED) is 0.231. The molecular formula is C25H44. The van der Waals surface area contributed by atoms with Crippen LogP contribution in [0.25, 0.3) is 0 Å². The van der Waals surface area contributed by atoms with Gasteiger partial charge in [0.25, 0.3) is 0 Å². The maximum Gasteiger partial charge on any atom is -0.0288 e. The molecule has 1 unspecified atom stereocenters. The molecule has 0 aromatic carbocycles. The van der Waals surface area contributed by atoms with Gasteiger partial charge in [-0.2, -0.15) is 0 Å². The van der Waals surface area contributed by atoms with E-state index >= 15 is 0 Å². The monoisotopic (exact) mass is 344 g/mol. The Morgan fingerprint density at radius 2 is 1.08 bits per heavy atom. The first-order chi connectivity index (χ1) is 11.8. The molecular weight excluding hydrogens is 300 g/mol. The van der Waals surface area contributed by atoms with Crippen LogP contribution in [0, 0.1) is 5.92 Å². The van der Waals surface area contributed by atoms with Gasteiger partial charge in [0.2, 0.25) is 0 Å². The van der Waals surface area contributed by atoms with Gasteiger partial charge in [-0.3, -0.25) is 0 Å². The molecule has 0 aromatic heterocycles. The summed E-state index contributed by atoms with van der Waals surface area (Å²) in [5.41, 5.74) is 5.98. The van der Waals surface area contributed by atoms with Crippen molar-refractivity contribution in [3.63, 3.8) is 0 Å². The fraction of sp³-hybridized carbons (Fsp3) is 0.680. The van der Waals surface area contributed by atoms with Gasteiger partial charge < -0.3 is 0 Å². The Morgan fingerprint density at radius 1 is 0.600 bits per heavy atom. The molecule has 0 heteroatoms. The van der Waals surface area contributed by atoms with Crippen molar-refractivity contribution in [2.45, 2.75) is 106 Å². The van der Waals surface area contributed by atoms with Crippen LogP contribution in [0.1, 0.15) is 106 Å². The molecule has 25 heavy (non-hydrogen) atoms. The largest absolute Gasteiger partial charge is 0.0856 e. The van der Waals surface area contributed by atoms with Crippen molar-refractivity contribution in [1.29, 1.82) is 0 Å². The van der Waals surface area contributed by atoms with Crippen LogP contribution in [0.15, 0.2) is 46.6 Å². The van der Waals surface area contributed by atoms with Crippen molar-refractivity contribution >= 4 is 0 Å². The first kappa shape index (κ1) is 24.0. The van der Waals surface area contributed by atoms with E-state index in [-0.39, 0.29) is 0 Å². The Bertz CT molecular complexity index is 448. The van der Waals surface area contributed by atoms with Crippen molar-refractivity contribution in [2.24, 2.45) is 5.92 Å². The van der Waals surface area contributed by atoms with Crippen LogP contribution < -0.4 is 0 Å². The molecule has 0 N–H and O–H groups in total. The van der Waals surface area contributed by atoms with Crippen molar-refractivity contribution in [3.8, 4) is 0 Å². The highest BCUT2D eigenvalue weighted by Gasteiger charge is 2.01. The maximum absolute atomic E-state index is 2.46. The fourth-order valence-corrected chi connectivity index (χ4v) is 2.95. The Morgan fingerprint density at radius 3 is 1.56 bits per heavy atom. The van der Waals surface area contributed by atoms with Gasteiger partial charge in [-0.05, 0) is 98.8 Å². The molecule has 0 saturated carbocycles. The number of hydrogen-bond acceptors (Lipinski definition) is 0. The summed E-state index contributed by atoms with van der Waals surface area (Å²) < 4.78 is 0. The van der Waals surface area contributed by atoms with Gasteiger partial charge in [0.05, 0.1) is 0 Å². The molecule has 0 amide bonds. The third-order valence-electron chi connectivity index (χ3n) is 4.73. The minimum absolute atomic E-state index is 0.848. The van der Waals surface area contributed by atoms with E-state index in [1.54, 1.807) is 11.1 Å². The summed E-state index contributed by atoms with van der Waals surface area (Å²) in [7, 11) is 0. The van der Waals surface area contributed by atoms with Crippen LogP contribution in [0.3, 0.4) is 0 Å². The van der Waals surface area contributed by atoms with Crippen LogP contribution in [0.2, 0.25) is 0 Å². The third-order valence-corrected chi connectivity index (χ3v) is 4.73. The summed E-state index contributed by atoms with van der Waals surface area (Å²) in [6.45, 7) is 15.7. The normalized spacial score (nSPS) is 13.6. The second-order valence-corrected chi connectivity index (χ2v) is 8.35. The maximum atomic E-state index is 2.46. The molecule has 0 saturated heterocycles. The zero-order valence-electron chi connectivity index (χ0n) is 18.3. The van der Waals surface area contributed by atoms with E-state index in [1.165, 1.54) is 68.9 Å². The predicted octanol–water partition coefficient (Wildman–Crippen LogP) is 8.96. The average molecular weight is 345 g/mol. The molecule has 0 aliphatic carbocycles. The van der Waals surface area contributed by atoms with E-state index in [9.17, 15) is 0 Å². The van der Waals surface area contributed by atoms with E-state index in [2.05, 4.69) is 72.8 Å². The number of allylic oxidation sites excluding steroid dienone is 8. The van der Waals surface area contributed by atoms with Crippen LogP contribution in [-0.4, -0.2) is 0 Å². The SMILES string of the molecule is CC(C)=CCC/C(C)=C/CCCC(C)CC/C=C(\C)CCC=C(C)C. The topological polar surface area (TPSA) is 0 Å². The lowest BCUT2D eigenvalue weighted by Gasteiger charge is -2.09. The zero-order valence-corrected chi connectivity index (χ0v) is 18.3. The number of hydrogen-bond donors (Lipinski definition) is 0. The third kappa shape index (κ3) is 17.6. The predicted molar refractivity (Wildman–Crippen MR) is 117 cm³/mol. The molecule has 1 atom stereocenters. The van der Waals surface area contributed by atoms with Gasteiger partial charge in [-0.1, -0.05) is 59.9 Å². The van der Waals surface area contributed by atoms with Gasteiger partial charge in [0.15, 0.2) is 0 Å². The van der Waals surface area contributed by atoms with E-state index < -0.39 is 0 Å². The summed E-state index contributed by atoms with van der Waals surface area (Å²) in [5.74, 6) is 0.848. The summed E-state index contributed by atoms with van der Waals surface area (Å²) in [6, 6.07) is 0. The lowest BCUT2D eigenvalue weighted by atomic mass is 9.97. The number of unbranched alkanes of at least 4 members (excludes halogenated alkanes) is 1. The van der Waals surface area contributed by atoms with Crippen molar-refractivity contribution in [3.05, 3.63) is 46.6 Å². The Hall–Kier alpha value is -1.04. The molecule has 0 aromatic rings. The second kappa shape index (κ2) is 15.2. The minimum Gasteiger partial charge on any atom is -0.0856 e. The van der Waals surface area contributed by atoms with Crippen LogP contribution in [0.5, 0.6) is 0 Å². The summed E-state index contributed by atoms with van der Waals surface area (Å²) in [6.07, 6.45) is 21.0. The first-order valence-electron chi connectivity index (χ1n) is 10.4. The van der Waals surface area contributed by atoms with Crippen molar-refractivity contribution < 1.29 is 0 Å². The minimum atomic E-state index is 0.848. The van der Waals surface area contributed by atoms with Gasteiger partial charge >= 0.3 is 0 Å². The number of rotatable bonds is 13. The van der Waals surface area contributed by atoms with Gasteiger partial charge in [-0.15, -0.1) is 0 Å². The summed E-state index contributed by atoms with van der Waals surface area (Å²) in [5, 5.41) is 0. The Balaban J connectivity index is 3.81. The fourth-order valence-electron chi connectivity index (χ4n) is 2.95. The van der Waals surface area contributed by atoms with E-state index in [1.807, 2.05) is 0 Å². The Labute approximate surface area is 159 Å². The van der Waals surface area contributed by atoms with E-state index in [0.717, 1.165) is 5.92 Å². The van der Waals surface area contributed by atoms with Gasteiger partial charge in [0.1, 0.15) is 0 Å². The lowest BCUT2D eigenvalue weighted by molar-refractivity contribution is 0.480. The molecule has 0 heterocycles. The van der Waals surface area contributed by atoms with E-state index in [0.29, 0.717) is 0 Å². The lowest BCUT2D eigenvalue weighted by Crippen LogP contribution is -1.94. The van der Waals surface area contributed by atoms with Crippen LogP contribution in [0.4, 0.5) is 0 Å². The van der Waals surface area contributed by atoms with Crippen molar-refractivity contribution in [1.82, 2.24) is 0 Å². The Kier molecular flexibility index (Phi) is 14.6. The van der Waals surface area contributed by atoms with E-state index in [4.69, 9.17) is 0 Å². The smallest absolute Gasteiger partial charge is 0.0288 e. The molecule has 0 radical (unpaired) electrons. The average Bonchev–Trinajstić information content (AvgIpc) is 2.51. The van der Waals surface area contributed by atoms with Crippen LogP contribution in [-0.2, 0) is 0 Å². The molecule has 0 rings (SSSR count). The molecule has 144 valence electrons. The first-order valence-corrected chi connectivity index (χ1v) is 10.4.